The maximum absolute atomic E-state index is 4.38. The van der Waals surface area contributed by atoms with E-state index in [1.165, 1.54) is 0 Å². The van der Waals surface area contributed by atoms with Crippen LogP contribution in [0.2, 0.25) is 0 Å². The molecule has 1 aromatic rings. The Morgan fingerprint density at radius 3 is 3.07 bits per heavy atom. The molecule has 0 aromatic carbocycles. The first-order valence-corrected chi connectivity index (χ1v) is 6.36. The van der Waals surface area contributed by atoms with Crippen molar-refractivity contribution in [3.63, 3.8) is 0 Å². The number of hydrogen-bond acceptors (Lipinski definition) is 5. The summed E-state index contributed by atoms with van der Waals surface area (Å²) >= 11 is 3.50. The zero-order valence-corrected chi connectivity index (χ0v) is 9.91. The van der Waals surface area contributed by atoms with E-state index in [-0.39, 0.29) is 0 Å². The van der Waals surface area contributed by atoms with Gasteiger partial charge >= 0.3 is 0 Å². The predicted octanol–water partition coefficient (Wildman–Crippen LogP) is 2.03. The van der Waals surface area contributed by atoms with Crippen LogP contribution < -0.4 is 5.32 Å². The fourth-order valence-electron chi connectivity index (χ4n) is 1.21. The Morgan fingerprint density at radius 2 is 2.50 bits per heavy atom. The number of aryl methyl sites for hydroxylation is 1. The Morgan fingerprint density at radius 1 is 1.64 bits per heavy atom. The minimum atomic E-state index is 0.621. The molecule has 0 saturated heterocycles. The summed E-state index contributed by atoms with van der Waals surface area (Å²) in [5, 5.41) is 8.19. The maximum atomic E-state index is 4.38. The van der Waals surface area contributed by atoms with E-state index in [0.717, 1.165) is 29.0 Å². The molecule has 0 amide bonds. The molecule has 0 fully saturated rings. The van der Waals surface area contributed by atoms with Crippen LogP contribution in [0.25, 0.3) is 0 Å². The highest BCUT2D eigenvalue weighted by Gasteiger charge is 2.14. The van der Waals surface area contributed by atoms with Gasteiger partial charge in [-0.25, -0.2) is 4.98 Å². The number of aliphatic imine (C=N–C) groups is 1. The molecule has 0 radical (unpaired) electrons. The number of amidine groups is 1. The van der Waals surface area contributed by atoms with Crippen LogP contribution in [0.3, 0.4) is 0 Å². The van der Waals surface area contributed by atoms with Gasteiger partial charge in [0.25, 0.3) is 0 Å². The van der Waals surface area contributed by atoms with Gasteiger partial charge in [-0.3, -0.25) is 4.99 Å². The molecule has 1 aromatic heterocycles. The van der Waals surface area contributed by atoms with Crippen LogP contribution in [0.15, 0.2) is 10.4 Å². The molecule has 0 spiro atoms. The van der Waals surface area contributed by atoms with E-state index >= 15 is 0 Å². The summed E-state index contributed by atoms with van der Waals surface area (Å²) in [5.41, 5.74) is 1.10. The summed E-state index contributed by atoms with van der Waals surface area (Å²) < 4.78 is 0. The number of hydrogen-bond donors (Lipinski definition) is 1. The standard InChI is InChI=1S/C9H13N3S2/c1-6-5-13-8(12-6)4-11-9-10-3-7(2)14-9/h5,7H,3-4H2,1-2H3,(H,10,11). The van der Waals surface area contributed by atoms with E-state index in [1.807, 2.05) is 18.7 Å². The third-order valence-electron chi connectivity index (χ3n) is 1.86. The van der Waals surface area contributed by atoms with E-state index in [1.54, 1.807) is 11.3 Å². The molecule has 1 aliphatic rings. The summed E-state index contributed by atoms with van der Waals surface area (Å²) in [4.78, 5) is 8.77. The molecule has 1 aliphatic heterocycles. The fourth-order valence-corrected chi connectivity index (χ4v) is 2.76. The SMILES string of the molecule is Cc1csc(CNC2=NCC(C)S2)n1. The monoisotopic (exact) mass is 227 g/mol. The Labute approximate surface area is 92.0 Å². The molecule has 0 aliphatic carbocycles. The van der Waals surface area contributed by atoms with Gasteiger partial charge in [0.05, 0.1) is 13.1 Å². The fraction of sp³-hybridized carbons (Fsp3) is 0.556. The van der Waals surface area contributed by atoms with Gasteiger partial charge in [0.1, 0.15) is 5.01 Å². The van der Waals surface area contributed by atoms with Crippen molar-refractivity contribution in [3.05, 3.63) is 16.1 Å². The van der Waals surface area contributed by atoms with E-state index in [9.17, 15) is 0 Å². The Bertz CT molecular complexity index is 346. The summed E-state index contributed by atoms with van der Waals surface area (Å²) in [6.45, 7) is 5.95. The minimum Gasteiger partial charge on any atom is -0.358 e. The van der Waals surface area contributed by atoms with E-state index in [0.29, 0.717) is 5.25 Å². The second-order valence-corrected chi connectivity index (χ2v) is 5.68. The van der Waals surface area contributed by atoms with Crippen molar-refractivity contribution in [2.45, 2.75) is 25.6 Å². The summed E-state index contributed by atoms with van der Waals surface area (Å²) in [6, 6.07) is 0. The normalized spacial score (nSPS) is 21.0. The van der Waals surface area contributed by atoms with Crippen LogP contribution in [0.4, 0.5) is 0 Å². The third-order valence-corrected chi connectivity index (χ3v) is 3.88. The Hall–Kier alpha value is -0.550. The number of thiazole rings is 1. The predicted molar refractivity (Wildman–Crippen MR) is 63.0 cm³/mol. The molecule has 14 heavy (non-hydrogen) atoms. The zero-order valence-electron chi connectivity index (χ0n) is 8.28. The van der Waals surface area contributed by atoms with Gasteiger partial charge in [-0.1, -0.05) is 18.7 Å². The lowest BCUT2D eigenvalue weighted by molar-refractivity contribution is 0.897. The first-order chi connectivity index (χ1) is 6.74. The van der Waals surface area contributed by atoms with Crippen LogP contribution in [0, 0.1) is 6.92 Å². The molecular formula is C9H13N3S2. The van der Waals surface area contributed by atoms with Crippen molar-refractivity contribution < 1.29 is 0 Å². The topological polar surface area (TPSA) is 37.3 Å². The quantitative estimate of drug-likeness (QED) is 0.840. The van der Waals surface area contributed by atoms with Gasteiger partial charge in [-0.15, -0.1) is 11.3 Å². The lowest BCUT2D eigenvalue weighted by Gasteiger charge is -2.02. The van der Waals surface area contributed by atoms with Crippen molar-refractivity contribution in [1.82, 2.24) is 10.3 Å². The van der Waals surface area contributed by atoms with Crippen LogP contribution in [-0.4, -0.2) is 21.9 Å². The number of nitrogens with one attached hydrogen (secondary N) is 1. The number of thioether (sulfide) groups is 1. The van der Waals surface area contributed by atoms with Crippen molar-refractivity contribution >= 4 is 28.3 Å². The lowest BCUT2D eigenvalue weighted by Crippen LogP contribution is -2.18. The van der Waals surface area contributed by atoms with Crippen LogP contribution in [0.1, 0.15) is 17.6 Å². The van der Waals surface area contributed by atoms with Crippen molar-refractivity contribution in [1.29, 1.82) is 0 Å². The zero-order chi connectivity index (χ0) is 9.97. The van der Waals surface area contributed by atoms with Gasteiger partial charge in [-0.05, 0) is 6.92 Å². The summed E-state index contributed by atoms with van der Waals surface area (Å²) in [7, 11) is 0. The van der Waals surface area contributed by atoms with Crippen LogP contribution in [-0.2, 0) is 6.54 Å². The van der Waals surface area contributed by atoms with Crippen molar-refractivity contribution in [3.8, 4) is 0 Å². The van der Waals surface area contributed by atoms with Crippen molar-refractivity contribution in [2.24, 2.45) is 4.99 Å². The second-order valence-electron chi connectivity index (χ2n) is 3.31. The molecule has 3 nitrogen and oxygen atoms in total. The Balaban J connectivity index is 1.83. The van der Waals surface area contributed by atoms with Crippen LogP contribution in [0.5, 0.6) is 0 Å². The summed E-state index contributed by atoms with van der Waals surface area (Å²) in [5.74, 6) is 0. The van der Waals surface area contributed by atoms with Gasteiger partial charge in [0, 0.05) is 16.3 Å². The van der Waals surface area contributed by atoms with Gasteiger partial charge < -0.3 is 5.32 Å². The highest BCUT2D eigenvalue weighted by molar-refractivity contribution is 8.14. The van der Waals surface area contributed by atoms with Crippen LogP contribution >= 0.6 is 23.1 Å². The number of aromatic nitrogens is 1. The van der Waals surface area contributed by atoms with E-state index < -0.39 is 0 Å². The second kappa shape index (κ2) is 4.31. The molecule has 0 bridgehead atoms. The molecule has 1 atom stereocenters. The molecule has 76 valence electrons. The van der Waals surface area contributed by atoms with Crippen molar-refractivity contribution in [2.75, 3.05) is 6.54 Å². The largest absolute Gasteiger partial charge is 0.358 e. The molecule has 2 rings (SSSR count). The lowest BCUT2D eigenvalue weighted by atomic mass is 10.5. The molecule has 5 heteroatoms. The first kappa shape index (κ1) is 9.98. The molecule has 0 saturated carbocycles. The molecule has 1 N–H and O–H groups in total. The van der Waals surface area contributed by atoms with Gasteiger partial charge in [0.2, 0.25) is 0 Å². The first-order valence-electron chi connectivity index (χ1n) is 4.60. The van der Waals surface area contributed by atoms with Gasteiger partial charge in [0.15, 0.2) is 5.17 Å². The number of nitrogens with zero attached hydrogens (tertiary/aromatic N) is 2. The Kier molecular flexibility index (Phi) is 3.08. The maximum Gasteiger partial charge on any atom is 0.157 e. The number of rotatable bonds is 2. The average molecular weight is 227 g/mol. The average Bonchev–Trinajstić information content (AvgIpc) is 2.72. The van der Waals surface area contributed by atoms with E-state index in [2.05, 4.69) is 27.6 Å². The highest BCUT2D eigenvalue weighted by atomic mass is 32.2. The molecule has 2 heterocycles. The van der Waals surface area contributed by atoms with Gasteiger partial charge in [-0.2, -0.15) is 0 Å². The summed E-state index contributed by atoms with van der Waals surface area (Å²) in [6.07, 6.45) is 0. The molecular weight excluding hydrogens is 214 g/mol. The minimum absolute atomic E-state index is 0.621. The smallest absolute Gasteiger partial charge is 0.157 e. The third kappa shape index (κ3) is 2.48. The van der Waals surface area contributed by atoms with E-state index in [4.69, 9.17) is 0 Å². The molecule has 1 unspecified atom stereocenters. The highest BCUT2D eigenvalue weighted by Crippen LogP contribution is 2.19.